The summed E-state index contributed by atoms with van der Waals surface area (Å²) in [4.78, 5) is 15.9. The summed E-state index contributed by atoms with van der Waals surface area (Å²) in [5.74, 6) is -1.12. The number of hydrogen-bond donors (Lipinski definition) is 0. The minimum atomic E-state index is -3.30. The van der Waals surface area contributed by atoms with Gasteiger partial charge in [0.2, 0.25) is 0 Å². The number of rotatable bonds is 3. The maximum Gasteiger partial charge on any atom is 0.325 e. The van der Waals surface area contributed by atoms with Gasteiger partial charge in [0.25, 0.3) is 0 Å². The van der Waals surface area contributed by atoms with Gasteiger partial charge in [-0.15, -0.1) is 0 Å². The van der Waals surface area contributed by atoms with E-state index in [1.54, 1.807) is 12.1 Å². The normalized spacial score (nSPS) is 24.2. The van der Waals surface area contributed by atoms with Crippen LogP contribution in [0.4, 0.5) is 19.3 Å². The first-order chi connectivity index (χ1) is 12.3. The summed E-state index contributed by atoms with van der Waals surface area (Å²) in [5.41, 5.74) is 1.03. The Hall–Kier alpha value is -2.48. The van der Waals surface area contributed by atoms with Crippen molar-refractivity contribution in [3.05, 3.63) is 65.7 Å². The number of benzene rings is 2. The third kappa shape index (κ3) is 2.94. The maximum atomic E-state index is 13.5. The highest BCUT2D eigenvalue weighted by molar-refractivity contribution is 7.91. The summed E-state index contributed by atoms with van der Waals surface area (Å²) >= 11 is 0. The molecule has 0 spiro atoms. The van der Waals surface area contributed by atoms with Gasteiger partial charge in [-0.2, -0.15) is 0 Å². The summed E-state index contributed by atoms with van der Waals surface area (Å²) in [7, 11) is -3.30. The van der Waals surface area contributed by atoms with Gasteiger partial charge >= 0.3 is 6.03 Å². The van der Waals surface area contributed by atoms with Crippen LogP contribution in [0.2, 0.25) is 0 Å². The average Bonchev–Trinajstić information content (AvgIpc) is 3.00. The van der Waals surface area contributed by atoms with E-state index in [4.69, 9.17) is 0 Å². The van der Waals surface area contributed by atoms with Crippen molar-refractivity contribution in [2.24, 2.45) is 0 Å². The van der Waals surface area contributed by atoms with E-state index in [2.05, 4.69) is 0 Å². The van der Waals surface area contributed by atoms with Crippen LogP contribution in [0.1, 0.15) is 5.56 Å². The standard InChI is InChI=1S/C18H16F2N2O3S/c19-13-4-6-15(7-5-13)22-17-11-26(24,25)10-16(17)21(18(22)23)9-12-2-1-3-14(20)8-12/h1-8,16-17H,9-11H2/t16-,17-/m0/s1. The number of nitrogens with zero attached hydrogens (tertiary/aromatic N) is 2. The van der Waals surface area contributed by atoms with Crippen LogP contribution in [0.15, 0.2) is 48.5 Å². The van der Waals surface area contributed by atoms with Crippen LogP contribution >= 0.6 is 0 Å². The molecule has 0 saturated carbocycles. The SMILES string of the molecule is O=C1N(Cc2cccc(F)c2)[C@H]2CS(=O)(=O)C[C@@H]2N1c1ccc(F)cc1. The number of amides is 2. The topological polar surface area (TPSA) is 57.7 Å². The summed E-state index contributed by atoms with van der Waals surface area (Å²) in [5, 5.41) is 0. The van der Waals surface area contributed by atoms with Crippen molar-refractivity contribution in [2.45, 2.75) is 18.6 Å². The van der Waals surface area contributed by atoms with Gasteiger partial charge in [0.1, 0.15) is 11.6 Å². The number of hydrogen-bond acceptors (Lipinski definition) is 3. The number of sulfone groups is 1. The Morgan fingerprint density at radius 3 is 2.35 bits per heavy atom. The quantitative estimate of drug-likeness (QED) is 0.772. The van der Waals surface area contributed by atoms with Gasteiger partial charge in [-0.25, -0.2) is 22.0 Å². The monoisotopic (exact) mass is 378 g/mol. The van der Waals surface area contributed by atoms with E-state index < -0.39 is 33.6 Å². The minimum absolute atomic E-state index is 0.116. The minimum Gasteiger partial charge on any atom is -0.314 e. The molecule has 0 radical (unpaired) electrons. The smallest absolute Gasteiger partial charge is 0.314 e. The van der Waals surface area contributed by atoms with Crippen LogP contribution < -0.4 is 4.90 Å². The second kappa shape index (κ2) is 6.05. The predicted octanol–water partition coefficient (Wildman–Crippen LogP) is 2.57. The Balaban J connectivity index is 1.70. The summed E-state index contributed by atoms with van der Waals surface area (Å²) < 4.78 is 51.0. The average molecular weight is 378 g/mol. The first-order valence-corrected chi connectivity index (χ1v) is 9.96. The Labute approximate surface area is 149 Å². The summed E-state index contributed by atoms with van der Waals surface area (Å²) in [6, 6.07) is 9.85. The molecule has 4 rings (SSSR count). The van der Waals surface area contributed by atoms with E-state index in [-0.39, 0.29) is 24.1 Å². The molecule has 2 saturated heterocycles. The van der Waals surface area contributed by atoms with Crippen molar-refractivity contribution in [1.82, 2.24) is 4.90 Å². The molecule has 2 atom stereocenters. The van der Waals surface area contributed by atoms with Crippen molar-refractivity contribution in [3.8, 4) is 0 Å². The van der Waals surface area contributed by atoms with Gasteiger partial charge in [-0.05, 0) is 42.0 Å². The first kappa shape index (κ1) is 17.0. The van der Waals surface area contributed by atoms with Gasteiger partial charge in [-0.1, -0.05) is 12.1 Å². The molecule has 8 heteroatoms. The zero-order chi connectivity index (χ0) is 18.5. The molecule has 0 unspecified atom stereocenters. The van der Waals surface area contributed by atoms with Crippen molar-refractivity contribution < 1.29 is 22.0 Å². The fourth-order valence-corrected chi connectivity index (χ4v) is 5.65. The highest BCUT2D eigenvalue weighted by atomic mass is 32.2. The van der Waals surface area contributed by atoms with E-state index in [0.717, 1.165) is 0 Å². The Morgan fingerprint density at radius 1 is 0.962 bits per heavy atom. The molecule has 0 aliphatic carbocycles. The van der Waals surface area contributed by atoms with Crippen LogP contribution in [0, 0.1) is 11.6 Å². The van der Waals surface area contributed by atoms with Gasteiger partial charge < -0.3 is 4.90 Å². The van der Waals surface area contributed by atoms with E-state index >= 15 is 0 Å². The molecule has 0 aromatic heterocycles. The summed E-state index contributed by atoms with van der Waals surface area (Å²) in [6.45, 7) is 0.116. The third-order valence-corrected chi connectivity index (χ3v) is 6.52. The number of urea groups is 1. The molecule has 0 bridgehead atoms. The van der Waals surface area contributed by atoms with Crippen LogP contribution in [0.3, 0.4) is 0 Å². The molecule has 2 aliphatic heterocycles. The second-order valence-corrected chi connectivity index (χ2v) is 8.75. The molecule has 2 amide bonds. The molecule has 2 fully saturated rings. The molecule has 2 heterocycles. The van der Waals surface area contributed by atoms with E-state index in [1.807, 2.05) is 0 Å². The largest absolute Gasteiger partial charge is 0.325 e. The zero-order valence-electron chi connectivity index (χ0n) is 13.7. The lowest BCUT2D eigenvalue weighted by molar-refractivity contribution is 0.206. The number of carbonyl (C=O) groups excluding carboxylic acids is 1. The number of carbonyl (C=O) groups is 1. The molecule has 136 valence electrons. The van der Waals surface area contributed by atoms with Crippen molar-refractivity contribution in [3.63, 3.8) is 0 Å². The molecule has 2 aromatic carbocycles. The van der Waals surface area contributed by atoms with Gasteiger partial charge in [0.15, 0.2) is 9.84 Å². The highest BCUT2D eigenvalue weighted by Crippen LogP contribution is 2.36. The van der Waals surface area contributed by atoms with Crippen LogP contribution in [0.5, 0.6) is 0 Å². The molecule has 2 aliphatic rings. The molecule has 2 aromatic rings. The molecule has 0 N–H and O–H groups in total. The first-order valence-electron chi connectivity index (χ1n) is 8.14. The van der Waals surface area contributed by atoms with Crippen LogP contribution in [-0.4, -0.2) is 42.9 Å². The Morgan fingerprint density at radius 2 is 1.65 bits per heavy atom. The number of halogens is 2. The fourth-order valence-electron chi connectivity index (χ4n) is 3.70. The fraction of sp³-hybridized carbons (Fsp3) is 0.278. The summed E-state index contributed by atoms with van der Waals surface area (Å²) in [6.07, 6.45) is 0. The van der Waals surface area contributed by atoms with Crippen LogP contribution in [-0.2, 0) is 16.4 Å². The van der Waals surface area contributed by atoms with Gasteiger partial charge in [0.05, 0.1) is 23.6 Å². The Bertz CT molecular complexity index is 963. The maximum absolute atomic E-state index is 13.5. The number of anilines is 1. The van der Waals surface area contributed by atoms with Crippen LogP contribution in [0.25, 0.3) is 0 Å². The molecular formula is C18H16F2N2O3S. The van der Waals surface area contributed by atoms with E-state index in [9.17, 15) is 22.0 Å². The second-order valence-electron chi connectivity index (χ2n) is 6.60. The zero-order valence-corrected chi connectivity index (χ0v) is 14.5. The van der Waals surface area contributed by atoms with Gasteiger partial charge in [-0.3, -0.25) is 4.90 Å². The van der Waals surface area contributed by atoms with E-state index in [1.165, 1.54) is 46.2 Å². The predicted molar refractivity (Wildman–Crippen MR) is 92.4 cm³/mol. The molecular weight excluding hydrogens is 362 g/mol. The van der Waals surface area contributed by atoms with Gasteiger partial charge in [0, 0.05) is 12.2 Å². The van der Waals surface area contributed by atoms with E-state index in [0.29, 0.717) is 11.3 Å². The molecule has 5 nitrogen and oxygen atoms in total. The lowest BCUT2D eigenvalue weighted by Gasteiger charge is -2.22. The van der Waals surface area contributed by atoms with Crippen molar-refractivity contribution in [1.29, 1.82) is 0 Å². The Kier molecular flexibility index (Phi) is 3.95. The molecule has 26 heavy (non-hydrogen) atoms. The third-order valence-electron chi connectivity index (χ3n) is 4.82. The lowest BCUT2D eigenvalue weighted by atomic mass is 10.1. The van der Waals surface area contributed by atoms with Crippen molar-refractivity contribution >= 4 is 21.6 Å². The highest BCUT2D eigenvalue weighted by Gasteiger charge is 2.53. The number of fused-ring (bicyclic) bond motifs is 1. The lowest BCUT2D eigenvalue weighted by Crippen LogP contribution is -2.37. The van der Waals surface area contributed by atoms with Crippen molar-refractivity contribution in [2.75, 3.05) is 16.4 Å².